The van der Waals surface area contributed by atoms with Gasteiger partial charge >= 0.3 is 0 Å². The zero-order chi connectivity index (χ0) is 10.1. The van der Waals surface area contributed by atoms with Gasteiger partial charge in [0.2, 0.25) is 0 Å². The molecule has 0 amide bonds. The Labute approximate surface area is 89.3 Å². The summed E-state index contributed by atoms with van der Waals surface area (Å²) in [6, 6.07) is 0. The summed E-state index contributed by atoms with van der Waals surface area (Å²) in [4.78, 5) is 6.95. The van der Waals surface area contributed by atoms with Crippen LogP contribution in [-0.4, -0.2) is 46.3 Å². The van der Waals surface area contributed by atoms with E-state index >= 15 is 0 Å². The molecular weight excluding hydrogens is 190 g/mol. The smallest absolute Gasteiger partial charge is 0.153 e. The molecule has 1 saturated heterocycles. The van der Waals surface area contributed by atoms with Gasteiger partial charge in [-0.25, -0.2) is 4.98 Å². The van der Waals surface area contributed by atoms with Crippen molar-refractivity contribution in [2.75, 3.05) is 26.2 Å². The lowest BCUT2D eigenvalue weighted by Gasteiger charge is -2.25. The SMILES string of the molecule is C1CN(Cc2nc(C3CC3)n[nH]2)CCN1. The van der Waals surface area contributed by atoms with Crippen LogP contribution in [0.5, 0.6) is 0 Å². The van der Waals surface area contributed by atoms with Gasteiger partial charge in [-0.05, 0) is 12.8 Å². The maximum Gasteiger partial charge on any atom is 0.153 e. The first-order valence-corrected chi connectivity index (χ1v) is 5.76. The van der Waals surface area contributed by atoms with E-state index in [1.54, 1.807) is 0 Å². The molecule has 1 aliphatic heterocycles. The predicted octanol–water partition coefficient (Wildman–Crippen LogP) is 0.0873. The van der Waals surface area contributed by atoms with Crippen LogP contribution < -0.4 is 5.32 Å². The van der Waals surface area contributed by atoms with E-state index in [9.17, 15) is 0 Å². The van der Waals surface area contributed by atoms with Crippen LogP contribution in [-0.2, 0) is 6.54 Å². The number of piperazine rings is 1. The zero-order valence-corrected chi connectivity index (χ0v) is 8.87. The van der Waals surface area contributed by atoms with Crippen LogP contribution in [0.25, 0.3) is 0 Å². The molecule has 0 atom stereocenters. The molecule has 2 N–H and O–H groups in total. The van der Waals surface area contributed by atoms with Gasteiger partial charge in [0, 0.05) is 32.1 Å². The molecule has 15 heavy (non-hydrogen) atoms. The molecule has 3 rings (SSSR count). The lowest BCUT2D eigenvalue weighted by atomic mass is 10.3. The summed E-state index contributed by atoms with van der Waals surface area (Å²) in [6.07, 6.45) is 2.54. The highest BCUT2D eigenvalue weighted by atomic mass is 15.3. The summed E-state index contributed by atoms with van der Waals surface area (Å²) in [6.45, 7) is 5.31. The normalized spacial score (nSPS) is 23.2. The average Bonchev–Trinajstić information content (AvgIpc) is 3.02. The van der Waals surface area contributed by atoms with Crippen LogP contribution >= 0.6 is 0 Å². The average molecular weight is 207 g/mol. The summed E-state index contributed by atoms with van der Waals surface area (Å²) in [5.74, 6) is 2.71. The van der Waals surface area contributed by atoms with E-state index in [0.29, 0.717) is 5.92 Å². The molecule has 0 bridgehead atoms. The van der Waals surface area contributed by atoms with Crippen molar-refractivity contribution in [3.63, 3.8) is 0 Å². The van der Waals surface area contributed by atoms with Crippen molar-refractivity contribution >= 4 is 0 Å². The quantitative estimate of drug-likeness (QED) is 0.737. The zero-order valence-electron chi connectivity index (χ0n) is 8.87. The van der Waals surface area contributed by atoms with E-state index in [1.165, 1.54) is 12.8 Å². The Morgan fingerprint density at radius 1 is 1.27 bits per heavy atom. The second-order valence-corrected chi connectivity index (χ2v) is 4.44. The lowest BCUT2D eigenvalue weighted by molar-refractivity contribution is 0.228. The minimum absolute atomic E-state index is 0.651. The summed E-state index contributed by atoms with van der Waals surface area (Å²) in [5, 5.41) is 10.7. The van der Waals surface area contributed by atoms with E-state index in [1.807, 2.05) is 0 Å². The van der Waals surface area contributed by atoms with E-state index in [0.717, 1.165) is 44.4 Å². The Balaban J connectivity index is 1.60. The van der Waals surface area contributed by atoms with Crippen molar-refractivity contribution in [3.05, 3.63) is 11.6 Å². The monoisotopic (exact) mass is 207 g/mol. The number of nitrogens with zero attached hydrogens (tertiary/aromatic N) is 3. The third kappa shape index (κ3) is 2.18. The summed E-state index contributed by atoms with van der Waals surface area (Å²) in [7, 11) is 0. The van der Waals surface area contributed by atoms with Crippen molar-refractivity contribution < 1.29 is 0 Å². The first-order valence-electron chi connectivity index (χ1n) is 5.76. The van der Waals surface area contributed by atoms with Crippen LogP contribution in [0.4, 0.5) is 0 Å². The van der Waals surface area contributed by atoms with E-state index in [2.05, 4.69) is 25.4 Å². The van der Waals surface area contributed by atoms with Crippen molar-refractivity contribution in [3.8, 4) is 0 Å². The number of hydrogen-bond acceptors (Lipinski definition) is 4. The maximum atomic E-state index is 4.54. The third-order valence-corrected chi connectivity index (χ3v) is 3.07. The minimum atomic E-state index is 0.651. The molecule has 5 nitrogen and oxygen atoms in total. The molecule has 2 heterocycles. The highest BCUT2D eigenvalue weighted by Gasteiger charge is 2.27. The van der Waals surface area contributed by atoms with Gasteiger partial charge < -0.3 is 5.32 Å². The second-order valence-electron chi connectivity index (χ2n) is 4.44. The first-order chi connectivity index (χ1) is 7.42. The van der Waals surface area contributed by atoms with Crippen LogP contribution in [0.3, 0.4) is 0 Å². The highest BCUT2D eigenvalue weighted by Crippen LogP contribution is 2.37. The van der Waals surface area contributed by atoms with Crippen molar-refractivity contribution in [2.45, 2.75) is 25.3 Å². The fourth-order valence-electron chi connectivity index (χ4n) is 1.99. The van der Waals surface area contributed by atoms with Gasteiger partial charge in [0.05, 0.1) is 6.54 Å². The van der Waals surface area contributed by atoms with Gasteiger partial charge in [0.1, 0.15) is 5.82 Å². The minimum Gasteiger partial charge on any atom is -0.314 e. The van der Waals surface area contributed by atoms with Crippen molar-refractivity contribution in [1.82, 2.24) is 25.4 Å². The van der Waals surface area contributed by atoms with Crippen LogP contribution in [0.2, 0.25) is 0 Å². The largest absolute Gasteiger partial charge is 0.314 e. The van der Waals surface area contributed by atoms with Crippen molar-refractivity contribution in [2.24, 2.45) is 0 Å². The number of nitrogens with one attached hydrogen (secondary N) is 2. The predicted molar refractivity (Wildman–Crippen MR) is 56.5 cm³/mol. The van der Waals surface area contributed by atoms with Gasteiger partial charge in [-0.15, -0.1) is 0 Å². The molecule has 0 unspecified atom stereocenters. The van der Waals surface area contributed by atoms with Crippen LogP contribution in [0, 0.1) is 0 Å². The van der Waals surface area contributed by atoms with Crippen molar-refractivity contribution in [1.29, 1.82) is 0 Å². The van der Waals surface area contributed by atoms with Crippen LogP contribution in [0.1, 0.15) is 30.4 Å². The van der Waals surface area contributed by atoms with E-state index < -0.39 is 0 Å². The fourth-order valence-corrected chi connectivity index (χ4v) is 1.99. The Bertz CT molecular complexity index is 324. The molecule has 2 fully saturated rings. The molecule has 5 heteroatoms. The molecule has 1 aliphatic carbocycles. The molecular formula is C10H17N5. The second kappa shape index (κ2) is 3.90. The Kier molecular flexibility index (Phi) is 2.42. The topological polar surface area (TPSA) is 56.8 Å². The molecule has 0 spiro atoms. The van der Waals surface area contributed by atoms with Gasteiger partial charge in [0.25, 0.3) is 0 Å². The lowest BCUT2D eigenvalue weighted by Crippen LogP contribution is -2.43. The Morgan fingerprint density at radius 2 is 2.07 bits per heavy atom. The van der Waals surface area contributed by atoms with E-state index in [-0.39, 0.29) is 0 Å². The summed E-state index contributed by atoms with van der Waals surface area (Å²) < 4.78 is 0. The molecule has 1 aromatic heterocycles. The van der Waals surface area contributed by atoms with Gasteiger partial charge in [0.15, 0.2) is 5.82 Å². The third-order valence-electron chi connectivity index (χ3n) is 3.07. The van der Waals surface area contributed by atoms with Gasteiger partial charge in [-0.3, -0.25) is 10.00 Å². The van der Waals surface area contributed by atoms with E-state index in [4.69, 9.17) is 0 Å². The molecule has 0 radical (unpaired) electrons. The summed E-state index contributed by atoms with van der Waals surface area (Å²) >= 11 is 0. The highest BCUT2D eigenvalue weighted by molar-refractivity contribution is 5.04. The Hall–Kier alpha value is -0.940. The summed E-state index contributed by atoms with van der Waals surface area (Å²) in [5.41, 5.74) is 0. The van der Waals surface area contributed by atoms with Gasteiger partial charge in [-0.2, -0.15) is 5.10 Å². The number of H-pyrrole nitrogens is 1. The maximum absolute atomic E-state index is 4.54. The molecule has 1 aromatic rings. The number of rotatable bonds is 3. The molecule has 1 saturated carbocycles. The Morgan fingerprint density at radius 3 is 2.80 bits per heavy atom. The fraction of sp³-hybridized carbons (Fsp3) is 0.800. The first kappa shape index (κ1) is 9.30. The number of hydrogen-bond donors (Lipinski definition) is 2. The molecule has 0 aromatic carbocycles. The molecule has 82 valence electrons. The van der Waals surface area contributed by atoms with Gasteiger partial charge in [-0.1, -0.05) is 0 Å². The van der Waals surface area contributed by atoms with Crippen LogP contribution in [0.15, 0.2) is 0 Å². The molecule has 2 aliphatic rings. The number of aromatic nitrogens is 3. The number of aromatic amines is 1. The standard InChI is InChI=1S/C10H17N5/c1-2-8(1)10-12-9(13-14-10)7-15-5-3-11-4-6-15/h8,11H,1-7H2,(H,12,13,14).